The monoisotopic (exact) mass is 209 g/mol. The van der Waals surface area contributed by atoms with Gasteiger partial charge in [-0.3, -0.25) is 4.79 Å². The molecule has 0 saturated carbocycles. The van der Waals surface area contributed by atoms with Gasteiger partial charge in [-0.25, -0.2) is 4.39 Å². The highest BCUT2D eigenvalue weighted by molar-refractivity contribution is 5.96. The van der Waals surface area contributed by atoms with Crippen LogP contribution < -0.4 is 4.90 Å². The number of carbonyl (C=O) groups is 1. The van der Waals surface area contributed by atoms with Crippen molar-refractivity contribution in [2.45, 2.75) is 18.9 Å². The Morgan fingerprint density at radius 1 is 1.40 bits per heavy atom. The maximum Gasteiger partial charge on any atom is 0.227 e. The van der Waals surface area contributed by atoms with E-state index in [1.54, 1.807) is 17.0 Å². The molecule has 80 valence electrons. The summed E-state index contributed by atoms with van der Waals surface area (Å²) in [5, 5.41) is 9.10. The molecule has 1 aromatic carbocycles. The minimum absolute atomic E-state index is 0.0133. The molecule has 1 aromatic rings. The molecule has 15 heavy (non-hydrogen) atoms. The highest BCUT2D eigenvalue weighted by Gasteiger charge is 2.31. The van der Waals surface area contributed by atoms with Gasteiger partial charge in [0.25, 0.3) is 0 Å². The van der Waals surface area contributed by atoms with Crippen LogP contribution in [0.15, 0.2) is 24.3 Å². The van der Waals surface area contributed by atoms with Gasteiger partial charge in [-0.1, -0.05) is 0 Å². The normalized spacial score (nSPS) is 21.1. The molecule has 0 radical (unpaired) electrons. The van der Waals surface area contributed by atoms with Gasteiger partial charge >= 0.3 is 0 Å². The van der Waals surface area contributed by atoms with E-state index in [-0.39, 0.29) is 24.4 Å². The smallest absolute Gasteiger partial charge is 0.227 e. The SMILES string of the molecule is O=C1CC[C@@H](CO)N1c1ccc(F)cc1. The molecule has 2 rings (SSSR count). The minimum atomic E-state index is -0.328. The molecule has 0 aliphatic carbocycles. The second kappa shape index (κ2) is 3.98. The van der Waals surface area contributed by atoms with Crippen molar-refractivity contribution >= 4 is 11.6 Å². The number of aliphatic hydroxyl groups excluding tert-OH is 1. The molecule has 0 bridgehead atoms. The topological polar surface area (TPSA) is 40.5 Å². The van der Waals surface area contributed by atoms with Gasteiger partial charge in [0.1, 0.15) is 5.82 Å². The van der Waals surface area contributed by atoms with E-state index in [0.717, 1.165) is 0 Å². The van der Waals surface area contributed by atoms with Gasteiger partial charge in [0.2, 0.25) is 5.91 Å². The van der Waals surface area contributed by atoms with Crippen molar-refractivity contribution in [3.63, 3.8) is 0 Å². The van der Waals surface area contributed by atoms with Gasteiger partial charge < -0.3 is 10.0 Å². The third kappa shape index (κ3) is 1.85. The highest BCUT2D eigenvalue weighted by Crippen LogP contribution is 2.26. The Labute approximate surface area is 87.1 Å². The number of hydrogen-bond donors (Lipinski definition) is 1. The zero-order valence-corrected chi connectivity index (χ0v) is 8.19. The molecule has 1 fully saturated rings. The van der Waals surface area contributed by atoms with Gasteiger partial charge in [-0.05, 0) is 30.7 Å². The van der Waals surface area contributed by atoms with E-state index in [1.165, 1.54) is 12.1 Å². The number of hydrogen-bond acceptors (Lipinski definition) is 2. The number of benzene rings is 1. The first-order valence-electron chi connectivity index (χ1n) is 4.91. The van der Waals surface area contributed by atoms with Crippen molar-refractivity contribution < 1.29 is 14.3 Å². The molecular weight excluding hydrogens is 197 g/mol. The quantitative estimate of drug-likeness (QED) is 0.797. The standard InChI is InChI=1S/C11H12FNO2/c12-8-1-3-9(4-2-8)13-10(7-14)5-6-11(13)15/h1-4,10,14H,5-7H2/t10-/m0/s1. The number of rotatable bonds is 2. The number of aliphatic hydroxyl groups is 1. The summed E-state index contributed by atoms with van der Waals surface area (Å²) >= 11 is 0. The van der Waals surface area contributed by atoms with Gasteiger partial charge in [-0.15, -0.1) is 0 Å². The molecule has 1 atom stereocenters. The molecule has 1 amide bonds. The fraction of sp³-hybridized carbons (Fsp3) is 0.364. The van der Waals surface area contributed by atoms with Crippen LogP contribution in [0.4, 0.5) is 10.1 Å². The van der Waals surface area contributed by atoms with Crippen LogP contribution in [0.3, 0.4) is 0 Å². The summed E-state index contributed by atoms with van der Waals surface area (Å²) in [5.41, 5.74) is 0.651. The van der Waals surface area contributed by atoms with Crippen molar-refractivity contribution in [1.29, 1.82) is 0 Å². The Balaban J connectivity index is 2.28. The Kier molecular flexibility index (Phi) is 2.68. The van der Waals surface area contributed by atoms with Crippen LogP contribution in [-0.2, 0) is 4.79 Å². The predicted octanol–water partition coefficient (Wildman–Crippen LogP) is 1.31. The largest absolute Gasteiger partial charge is 0.394 e. The average molecular weight is 209 g/mol. The van der Waals surface area contributed by atoms with E-state index in [9.17, 15) is 9.18 Å². The second-order valence-corrected chi connectivity index (χ2v) is 3.62. The maximum atomic E-state index is 12.7. The molecule has 0 unspecified atom stereocenters. The van der Waals surface area contributed by atoms with Crippen molar-refractivity contribution in [3.8, 4) is 0 Å². The lowest BCUT2D eigenvalue weighted by Crippen LogP contribution is -2.35. The predicted molar refractivity (Wildman–Crippen MR) is 54.0 cm³/mol. The van der Waals surface area contributed by atoms with Crippen LogP contribution >= 0.6 is 0 Å². The zero-order chi connectivity index (χ0) is 10.8. The van der Waals surface area contributed by atoms with Crippen LogP contribution in [0.2, 0.25) is 0 Å². The van der Waals surface area contributed by atoms with Crippen LogP contribution in [0.1, 0.15) is 12.8 Å². The lowest BCUT2D eigenvalue weighted by molar-refractivity contribution is -0.117. The van der Waals surface area contributed by atoms with Gasteiger partial charge in [-0.2, -0.15) is 0 Å². The van der Waals surface area contributed by atoms with Gasteiger partial charge in [0, 0.05) is 12.1 Å². The van der Waals surface area contributed by atoms with Gasteiger partial charge in [0.15, 0.2) is 0 Å². The number of nitrogens with zero attached hydrogens (tertiary/aromatic N) is 1. The number of halogens is 1. The molecule has 1 heterocycles. The second-order valence-electron chi connectivity index (χ2n) is 3.62. The summed E-state index contributed by atoms with van der Waals surface area (Å²) in [6.07, 6.45) is 1.11. The van der Waals surface area contributed by atoms with Crippen molar-refractivity contribution in [2.75, 3.05) is 11.5 Å². The van der Waals surface area contributed by atoms with Crippen LogP contribution in [-0.4, -0.2) is 23.7 Å². The van der Waals surface area contributed by atoms with E-state index in [2.05, 4.69) is 0 Å². The molecule has 1 saturated heterocycles. The van der Waals surface area contributed by atoms with Crippen molar-refractivity contribution in [2.24, 2.45) is 0 Å². The number of amides is 1. The first kappa shape index (κ1) is 10.1. The van der Waals surface area contributed by atoms with Crippen LogP contribution in [0, 0.1) is 5.82 Å². The Morgan fingerprint density at radius 3 is 2.67 bits per heavy atom. The Hall–Kier alpha value is -1.42. The van der Waals surface area contributed by atoms with Crippen LogP contribution in [0.5, 0.6) is 0 Å². The summed E-state index contributed by atoms with van der Waals surface area (Å²) < 4.78 is 12.7. The molecule has 1 N–H and O–H groups in total. The lowest BCUT2D eigenvalue weighted by atomic mass is 10.2. The fourth-order valence-corrected chi connectivity index (χ4v) is 1.87. The van der Waals surface area contributed by atoms with Gasteiger partial charge in [0.05, 0.1) is 12.6 Å². The molecule has 1 aliphatic heterocycles. The number of carbonyl (C=O) groups excluding carboxylic acids is 1. The highest BCUT2D eigenvalue weighted by atomic mass is 19.1. The minimum Gasteiger partial charge on any atom is -0.394 e. The van der Waals surface area contributed by atoms with Crippen molar-refractivity contribution in [3.05, 3.63) is 30.1 Å². The summed E-state index contributed by atoms with van der Waals surface area (Å²) in [6.45, 7) is -0.0525. The van der Waals surface area contributed by atoms with E-state index in [1.807, 2.05) is 0 Å². The molecule has 4 heteroatoms. The lowest BCUT2D eigenvalue weighted by Gasteiger charge is -2.23. The summed E-state index contributed by atoms with van der Waals surface area (Å²) in [5.74, 6) is -0.341. The van der Waals surface area contributed by atoms with E-state index < -0.39 is 0 Å². The molecule has 0 aromatic heterocycles. The summed E-state index contributed by atoms with van der Waals surface area (Å²) in [4.78, 5) is 13.1. The van der Waals surface area contributed by atoms with Crippen molar-refractivity contribution in [1.82, 2.24) is 0 Å². The van der Waals surface area contributed by atoms with E-state index in [4.69, 9.17) is 5.11 Å². The molecule has 3 nitrogen and oxygen atoms in total. The third-order valence-electron chi connectivity index (χ3n) is 2.64. The number of anilines is 1. The summed E-state index contributed by atoms with van der Waals surface area (Å²) in [6, 6.07) is 5.58. The van der Waals surface area contributed by atoms with Crippen LogP contribution in [0.25, 0.3) is 0 Å². The summed E-state index contributed by atoms with van der Waals surface area (Å²) in [7, 11) is 0. The molecule has 1 aliphatic rings. The average Bonchev–Trinajstić information content (AvgIpc) is 2.61. The zero-order valence-electron chi connectivity index (χ0n) is 8.19. The van der Waals surface area contributed by atoms with E-state index in [0.29, 0.717) is 18.5 Å². The third-order valence-corrected chi connectivity index (χ3v) is 2.64. The maximum absolute atomic E-state index is 12.7. The fourth-order valence-electron chi connectivity index (χ4n) is 1.87. The Bertz CT molecular complexity index is 363. The first-order valence-corrected chi connectivity index (χ1v) is 4.91. The Morgan fingerprint density at radius 2 is 2.07 bits per heavy atom. The molecular formula is C11H12FNO2. The first-order chi connectivity index (χ1) is 7.22. The molecule has 0 spiro atoms. The van der Waals surface area contributed by atoms with E-state index >= 15 is 0 Å².